The Morgan fingerprint density at radius 1 is 1.12 bits per heavy atom. The second-order valence-corrected chi connectivity index (χ2v) is 5.71. The van der Waals surface area contributed by atoms with E-state index in [4.69, 9.17) is 14.2 Å². The predicted octanol–water partition coefficient (Wildman–Crippen LogP) is 2.09. The zero-order valence-electron chi connectivity index (χ0n) is 14.8. The van der Waals surface area contributed by atoms with E-state index in [-0.39, 0.29) is 12.5 Å². The van der Waals surface area contributed by atoms with Crippen LogP contribution in [0.1, 0.15) is 25.8 Å². The van der Waals surface area contributed by atoms with Gasteiger partial charge < -0.3 is 24.8 Å². The van der Waals surface area contributed by atoms with Crippen molar-refractivity contribution in [3.63, 3.8) is 0 Å². The lowest BCUT2D eigenvalue weighted by molar-refractivity contribution is -0.143. The molecule has 24 heavy (non-hydrogen) atoms. The van der Waals surface area contributed by atoms with Crippen LogP contribution in [-0.2, 0) is 16.1 Å². The van der Waals surface area contributed by atoms with Gasteiger partial charge in [0, 0.05) is 18.2 Å². The van der Waals surface area contributed by atoms with Crippen LogP contribution in [-0.4, -0.2) is 39.4 Å². The maximum atomic E-state index is 12.1. The monoisotopic (exact) mass is 338 g/mol. The van der Waals surface area contributed by atoms with Crippen molar-refractivity contribution in [1.82, 2.24) is 10.6 Å². The maximum absolute atomic E-state index is 12.1. The first-order valence-electron chi connectivity index (χ1n) is 7.74. The number of ether oxygens (including phenoxy) is 3. The molecule has 0 fully saturated rings. The number of hydrogen-bond donors (Lipinski definition) is 2. The average molecular weight is 338 g/mol. The van der Waals surface area contributed by atoms with E-state index in [2.05, 4.69) is 10.6 Å². The Bertz CT molecular complexity index is 560. The predicted molar refractivity (Wildman–Crippen MR) is 90.2 cm³/mol. The van der Waals surface area contributed by atoms with E-state index < -0.39 is 18.0 Å². The van der Waals surface area contributed by atoms with Gasteiger partial charge in [0.25, 0.3) is 0 Å². The van der Waals surface area contributed by atoms with Crippen molar-refractivity contribution < 1.29 is 23.8 Å². The standard InChI is InChI=1S/C17H26N2O5/c1-11(2)8-14(16(20)24-5)19-17(21)18-10-12-6-7-13(22-3)9-15(12)23-4/h6-7,9,11,14H,8,10H2,1-5H3,(H2,18,19,21)/t14-/m1/s1. The number of esters is 1. The number of urea groups is 1. The molecule has 2 N–H and O–H groups in total. The molecule has 0 heterocycles. The number of hydrogen-bond acceptors (Lipinski definition) is 5. The molecule has 0 saturated heterocycles. The highest BCUT2D eigenvalue weighted by molar-refractivity contribution is 5.83. The number of amides is 2. The fraction of sp³-hybridized carbons (Fsp3) is 0.529. The summed E-state index contributed by atoms with van der Waals surface area (Å²) >= 11 is 0. The lowest BCUT2D eigenvalue weighted by Gasteiger charge is -2.19. The summed E-state index contributed by atoms with van der Waals surface area (Å²) < 4.78 is 15.1. The molecule has 0 spiro atoms. The molecule has 1 atom stereocenters. The minimum absolute atomic E-state index is 0.246. The zero-order valence-corrected chi connectivity index (χ0v) is 14.8. The van der Waals surface area contributed by atoms with E-state index >= 15 is 0 Å². The first-order chi connectivity index (χ1) is 11.4. The number of nitrogens with one attached hydrogen (secondary N) is 2. The number of carbonyl (C=O) groups excluding carboxylic acids is 2. The average Bonchev–Trinajstić information content (AvgIpc) is 2.57. The van der Waals surface area contributed by atoms with Gasteiger partial charge in [0.15, 0.2) is 0 Å². The van der Waals surface area contributed by atoms with Gasteiger partial charge in [-0.05, 0) is 24.5 Å². The van der Waals surface area contributed by atoms with Crippen LogP contribution in [0, 0.1) is 5.92 Å². The summed E-state index contributed by atoms with van der Waals surface area (Å²) in [4.78, 5) is 23.8. The van der Waals surface area contributed by atoms with Crippen molar-refractivity contribution in [2.75, 3.05) is 21.3 Å². The van der Waals surface area contributed by atoms with Crippen LogP contribution in [0.3, 0.4) is 0 Å². The first-order valence-corrected chi connectivity index (χ1v) is 7.74. The largest absolute Gasteiger partial charge is 0.497 e. The van der Waals surface area contributed by atoms with Gasteiger partial charge in [-0.1, -0.05) is 13.8 Å². The molecule has 0 aliphatic carbocycles. The lowest BCUT2D eigenvalue weighted by atomic mass is 10.0. The van der Waals surface area contributed by atoms with Gasteiger partial charge in [-0.25, -0.2) is 9.59 Å². The van der Waals surface area contributed by atoms with E-state index in [0.717, 1.165) is 5.56 Å². The smallest absolute Gasteiger partial charge is 0.328 e. The first kappa shape index (κ1) is 19.6. The molecule has 0 radical (unpaired) electrons. The number of methoxy groups -OCH3 is 3. The minimum atomic E-state index is -0.673. The van der Waals surface area contributed by atoms with Crippen LogP contribution in [0.25, 0.3) is 0 Å². The summed E-state index contributed by atoms with van der Waals surface area (Å²) in [5.74, 6) is 1.07. The van der Waals surface area contributed by atoms with Crippen LogP contribution in [0.4, 0.5) is 4.79 Å². The minimum Gasteiger partial charge on any atom is -0.497 e. The van der Waals surface area contributed by atoms with E-state index in [9.17, 15) is 9.59 Å². The Hall–Kier alpha value is -2.44. The molecule has 0 aromatic heterocycles. The summed E-state index contributed by atoms with van der Waals surface area (Å²) in [6, 6.07) is 4.22. The van der Waals surface area contributed by atoms with Gasteiger partial charge in [0.2, 0.25) is 0 Å². The zero-order chi connectivity index (χ0) is 18.1. The Morgan fingerprint density at radius 2 is 1.83 bits per heavy atom. The van der Waals surface area contributed by atoms with Crippen molar-refractivity contribution in [2.24, 2.45) is 5.92 Å². The summed E-state index contributed by atoms with van der Waals surface area (Å²) in [5, 5.41) is 5.35. The molecule has 2 amide bonds. The van der Waals surface area contributed by atoms with Crippen LogP contribution in [0.2, 0.25) is 0 Å². The van der Waals surface area contributed by atoms with Gasteiger partial charge in [0.1, 0.15) is 17.5 Å². The fourth-order valence-corrected chi connectivity index (χ4v) is 2.21. The van der Waals surface area contributed by atoms with Gasteiger partial charge in [0.05, 0.1) is 21.3 Å². The topological polar surface area (TPSA) is 85.9 Å². The van der Waals surface area contributed by atoms with Crippen LogP contribution in [0.5, 0.6) is 11.5 Å². The van der Waals surface area contributed by atoms with Crippen molar-refractivity contribution in [2.45, 2.75) is 32.9 Å². The molecule has 0 aliphatic rings. The molecule has 0 aliphatic heterocycles. The highest BCUT2D eigenvalue weighted by atomic mass is 16.5. The number of rotatable bonds is 8. The van der Waals surface area contributed by atoms with Crippen molar-refractivity contribution in [3.05, 3.63) is 23.8 Å². The normalized spacial score (nSPS) is 11.6. The van der Waals surface area contributed by atoms with Crippen molar-refractivity contribution in [3.8, 4) is 11.5 Å². The second kappa shape index (κ2) is 9.64. The molecular formula is C17H26N2O5. The maximum Gasteiger partial charge on any atom is 0.328 e. The summed E-state index contributed by atoms with van der Waals surface area (Å²) in [7, 11) is 4.42. The van der Waals surface area contributed by atoms with Gasteiger partial charge in [-0.2, -0.15) is 0 Å². The molecule has 0 saturated carbocycles. The molecule has 7 nitrogen and oxygen atoms in total. The fourth-order valence-electron chi connectivity index (χ4n) is 2.21. The van der Waals surface area contributed by atoms with Crippen LogP contribution >= 0.6 is 0 Å². The van der Waals surface area contributed by atoms with E-state index in [1.165, 1.54) is 7.11 Å². The Morgan fingerprint density at radius 3 is 2.38 bits per heavy atom. The molecule has 0 unspecified atom stereocenters. The molecule has 7 heteroatoms. The van der Waals surface area contributed by atoms with Gasteiger partial charge in [-0.15, -0.1) is 0 Å². The molecule has 1 rings (SSSR count). The number of benzene rings is 1. The van der Waals surface area contributed by atoms with E-state index in [1.54, 1.807) is 26.4 Å². The highest BCUT2D eigenvalue weighted by Gasteiger charge is 2.22. The van der Waals surface area contributed by atoms with E-state index in [1.807, 2.05) is 19.9 Å². The quantitative estimate of drug-likeness (QED) is 0.709. The Kier molecular flexibility index (Phi) is 7.88. The SMILES string of the molecule is COC(=O)[C@@H](CC(C)C)NC(=O)NCc1ccc(OC)cc1OC. The molecular weight excluding hydrogens is 312 g/mol. The number of carbonyl (C=O) groups is 2. The van der Waals surface area contributed by atoms with Crippen LogP contribution in [0.15, 0.2) is 18.2 Å². The Balaban J connectivity index is 2.66. The summed E-state index contributed by atoms with van der Waals surface area (Å²) in [5.41, 5.74) is 0.798. The molecule has 0 bridgehead atoms. The lowest BCUT2D eigenvalue weighted by Crippen LogP contribution is -2.46. The summed E-state index contributed by atoms with van der Waals surface area (Å²) in [6.07, 6.45) is 0.506. The third-order valence-electron chi connectivity index (χ3n) is 3.43. The Labute approximate surface area is 142 Å². The second-order valence-electron chi connectivity index (χ2n) is 5.71. The van der Waals surface area contributed by atoms with E-state index in [0.29, 0.717) is 17.9 Å². The van der Waals surface area contributed by atoms with Gasteiger partial charge >= 0.3 is 12.0 Å². The molecule has 1 aromatic carbocycles. The van der Waals surface area contributed by atoms with Crippen LogP contribution < -0.4 is 20.1 Å². The molecule has 1 aromatic rings. The third-order valence-corrected chi connectivity index (χ3v) is 3.43. The van der Waals surface area contributed by atoms with Gasteiger partial charge in [-0.3, -0.25) is 0 Å². The highest BCUT2D eigenvalue weighted by Crippen LogP contribution is 2.24. The van der Waals surface area contributed by atoms with Crippen molar-refractivity contribution in [1.29, 1.82) is 0 Å². The van der Waals surface area contributed by atoms with Crippen molar-refractivity contribution >= 4 is 12.0 Å². The molecule has 134 valence electrons. The third kappa shape index (κ3) is 5.98. The summed E-state index contributed by atoms with van der Waals surface area (Å²) in [6.45, 7) is 4.20.